The maximum absolute atomic E-state index is 14.1. The van der Waals surface area contributed by atoms with E-state index in [1.54, 1.807) is 11.8 Å². The highest BCUT2D eigenvalue weighted by Gasteiger charge is 2.40. The molecule has 6 nitrogen and oxygen atoms in total. The number of nitrogens with one attached hydrogen (secondary N) is 1. The predicted molar refractivity (Wildman–Crippen MR) is 116 cm³/mol. The lowest BCUT2D eigenvalue weighted by Gasteiger charge is -2.33. The molecule has 0 radical (unpaired) electrons. The van der Waals surface area contributed by atoms with Crippen LogP contribution < -0.4 is 4.90 Å². The van der Waals surface area contributed by atoms with Gasteiger partial charge in [-0.05, 0) is 31.9 Å². The molecular formula is C22H20F5N5OS. The van der Waals surface area contributed by atoms with E-state index in [2.05, 4.69) is 20.3 Å². The van der Waals surface area contributed by atoms with Gasteiger partial charge in [-0.3, -0.25) is 5.10 Å². The number of rotatable bonds is 4. The average molecular weight is 497 g/mol. The van der Waals surface area contributed by atoms with E-state index in [1.807, 2.05) is 5.38 Å². The Morgan fingerprint density at radius 1 is 1.15 bits per heavy atom. The van der Waals surface area contributed by atoms with Crippen LogP contribution in [0.1, 0.15) is 58.9 Å². The second-order valence-electron chi connectivity index (χ2n) is 8.35. The van der Waals surface area contributed by atoms with Gasteiger partial charge in [-0.15, -0.1) is 11.3 Å². The van der Waals surface area contributed by atoms with Crippen LogP contribution in [0.4, 0.5) is 27.6 Å². The number of H-pyrrole nitrogens is 1. The second-order valence-corrected chi connectivity index (χ2v) is 9.24. The standard InChI is InChI=1S/C22H20F5N5OS/c1-11-19(20(30-29-11)22(25,26)27)32-7-5-12(6-8-32)21-28-16(10-34-21)15-9-17(33-31-15)18-13(23)3-2-4-14(18)24/h2-4,10,12,17H,5-9H2,1H3,(H,29,30)/t17-/m1/s1. The Morgan fingerprint density at radius 3 is 2.53 bits per heavy atom. The van der Waals surface area contributed by atoms with Gasteiger partial charge in [0.05, 0.1) is 27.6 Å². The fourth-order valence-electron chi connectivity index (χ4n) is 4.47. The summed E-state index contributed by atoms with van der Waals surface area (Å²) in [5, 5.41) is 12.6. The van der Waals surface area contributed by atoms with Gasteiger partial charge in [-0.25, -0.2) is 13.8 Å². The Kier molecular flexibility index (Phi) is 5.78. The number of hydrogen-bond donors (Lipinski definition) is 1. The van der Waals surface area contributed by atoms with E-state index in [0.717, 1.165) is 5.01 Å². The average Bonchev–Trinajstić information content (AvgIpc) is 3.53. The van der Waals surface area contributed by atoms with Gasteiger partial charge in [0, 0.05) is 30.8 Å². The minimum Gasteiger partial charge on any atom is -0.387 e. The highest BCUT2D eigenvalue weighted by Crippen LogP contribution is 2.40. The van der Waals surface area contributed by atoms with Crippen molar-refractivity contribution in [2.75, 3.05) is 18.0 Å². The first-order chi connectivity index (χ1) is 16.2. The first-order valence-corrected chi connectivity index (χ1v) is 11.6. The minimum atomic E-state index is -4.52. The van der Waals surface area contributed by atoms with Crippen LogP contribution >= 0.6 is 11.3 Å². The number of nitrogens with zero attached hydrogens (tertiary/aromatic N) is 4. The van der Waals surface area contributed by atoms with Crippen molar-refractivity contribution in [2.45, 2.75) is 44.4 Å². The highest BCUT2D eigenvalue weighted by molar-refractivity contribution is 7.10. The Hall–Kier alpha value is -3.02. The van der Waals surface area contributed by atoms with Crippen molar-refractivity contribution in [2.24, 2.45) is 5.16 Å². The lowest BCUT2D eigenvalue weighted by atomic mass is 9.96. The van der Waals surface area contributed by atoms with Crippen molar-refractivity contribution in [1.29, 1.82) is 0 Å². The summed E-state index contributed by atoms with van der Waals surface area (Å²) in [6.07, 6.45) is -3.90. The van der Waals surface area contributed by atoms with Crippen LogP contribution in [-0.2, 0) is 11.0 Å². The second kappa shape index (κ2) is 8.64. The molecule has 1 saturated heterocycles. The van der Waals surface area contributed by atoms with Gasteiger partial charge in [-0.1, -0.05) is 11.2 Å². The number of thiazole rings is 1. The molecule has 3 aromatic rings. The quantitative estimate of drug-likeness (QED) is 0.468. The van der Waals surface area contributed by atoms with Gasteiger partial charge in [0.15, 0.2) is 11.8 Å². The number of aromatic nitrogens is 3. The van der Waals surface area contributed by atoms with Crippen molar-refractivity contribution in [3.8, 4) is 0 Å². The number of halogens is 5. The van der Waals surface area contributed by atoms with Crippen molar-refractivity contribution in [3.05, 3.63) is 62.9 Å². The number of aromatic amines is 1. The van der Waals surface area contributed by atoms with Crippen LogP contribution in [0.2, 0.25) is 0 Å². The molecule has 34 heavy (non-hydrogen) atoms. The summed E-state index contributed by atoms with van der Waals surface area (Å²) in [5.41, 5.74) is 0.553. The maximum atomic E-state index is 14.1. The molecule has 0 saturated carbocycles. The number of piperidine rings is 1. The van der Waals surface area contributed by atoms with Crippen LogP contribution in [0, 0.1) is 18.6 Å². The molecule has 0 amide bonds. The molecule has 1 fully saturated rings. The molecule has 2 aliphatic heterocycles. The highest BCUT2D eigenvalue weighted by atomic mass is 32.1. The molecule has 1 N–H and O–H groups in total. The van der Waals surface area contributed by atoms with Crippen molar-refractivity contribution >= 4 is 22.7 Å². The molecule has 2 aliphatic rings. The van der Waals surface area contributed by atoms with Gasteiger partial charge in [-0.2, -0.15) is 18.3 Å². The largest absolute Gasteiger partial charge is 0.437 e. The monoisotopic (exact) mass is 497 g/mol. The van der Waals surface area contributed by atoms with Gasteiger partial charge < -0.3 is 9.74 Å². The van der Waals surface area contributed by atoms with Crippen LogP contribution in [-0.4, -0.2) is 34.0 Å². The molecule has 0 aliphatic carbocycles. The third-order valence-corrected chi connectivity index (χ3v) is 7.16. The number of oxime groups is 1. The summed E-state index contributed by atoms with van der Waals surface area (Å²) in [6, 6.07) is 3.65. The van der Waals surface area contributed by atoms with Crippen LogP contribution in [0.15, 0.2) is 28.7 Å². The molecule has 12 heteroatoms. The van der Waals surface area contributed by atoms with E-state index >= 15 is 0 Å². The molecule has 2 aromatic heterocycles. The molecule has 1 atom stereocenters. The van der Waals surface area contributed by atoms with Crippen LogP contribution in [0.3, 0.4) is 0 Å². The minimum absolute atomic E-state index is 0.0966. The van der Waals surface area contributed by atoms with Crippen molar-refractivity contribution < 1.29 is 26.8 Å². The third kappa shape index (κ3) is 4.15. The van der Waals surface area contributed by atoms with Gasteiger partial charge in [0.2, 0.25) is 0 Å². The Balaban J connectivity index is 1.25. The lowest BCUT2D eigenvalue weighted by Crippen LogP contribution is -2.34. The molecule has 1 aromatic carbocycles. The molecular weight excluding hydrogens is 477 g/mol. The Bertz CT molecular complexity index is 1210. The molecule has 0 bridgehead atoms. The normalized spacial score (nSPS) is 19.4. The number of hydrogen-bond acceptors (Lipinski definition) is 6. The summed E-state index contributed by atoms with van der Waals surface area (Å²) in [6.45, 7) is 2.48. The number of aryl methyl sites for hydroxylation is 1. The van der Waals surface area contributed by atoms with Crippen LogP contribution in [0.5, 0.6) is 0 Å². The molecule has 4 heterocycles. The summed E-state index contributed by atoms with van der Waals surface area (Å²) in [5.74, 6) is -1.28. The first-order valence-electron chi connectivity index (χ1n) is 10.7. The number of alkyl halides is 3. The van der Waals surface area contributed by atoms with E-state index in [1.165, 1.54) is 29.5 Å². The molecule has 0 spiro atoms. The van der Waals surface area contributed by atoms with E-state index in [9.17, 15) is 22.0 Å². The lowest BCUT2D eigenvalue weighted by molar-refractivity contribution is -0.140. The van der Waals surface area contributed by atoms with E-state index in [4.69, 9.17) is 4.84 Å². The Morgan fingerprint density at radius 2 is 1.85 bits per heavy atom. The third-order valence-electron chi connectivity index (χ3n) is 6.15. The van der Waals surface area contributed by atoms with Crippen molar-refractivity contribution in [1.82, 2.24) is 15.2 Å². The number of benzene rings is 1. The smallest absolute Gasteiger partial charge is 0.387 e. The predicted octanol–water partition coefficient (Wildman–Crippen LogP) is 5.72. The molecule has 0 unspecified atom stereocenters. The summed E-state index contributed by atoms with van der Waals surface area (Å²) in [7, 11) is 0. The van der Waals surface area contributed by atoms with Crippen molar-refractivity contribution in [3.63, 3.8) is 0 Å². The van der Waals surface area contributed by atoms with Gasteiger partial charge >= 0.3 is 6.18 Å². The van der Waals surface area contributed by atoms with E-state index < -0.39 is 29.6 Å². The Labute approximate surface area is 195 Å². The molecule has 5 rings (SSSR count). The zero-order valence-electron chi connectivity index (χ0n) is 18.0. The summed E-state index contributed by atoms with van der Waals surface area (Å²) >= 11 is 1.44. The van der Waals surface area contributed by atoms with E-state index in [-0.39, 0.29) is 23.6 Å². The topological polar surface area (TPSA) is 66.4 Å². The van der Waals surface area contributed by atoms with Gasteiger partial charge in [0.1, 0.15) is 17.3 Å². The zero-order valence-corrected chi connectivity index (χ0v) is 18.8. The van der Waals surface area contributed by atoms with Crippen LogP contribution in [0.25, 0.3) is 0 Å². The fraction of sp³-hybridized carbons (Fsp3) is 0.409. The zero-order chi connectivity index (χ0) is 24.0. The first kappa shape index (κ1) is 22.8. The van der Waals surface area contributed by atoms with Gasteiger partial charge in [0.25, 0.3) is 0 Å². The fourth-order valence-corrected chi connectivity index (χ4v) is 5.47. The number of anilines is 1. The summed E-state index contributed by atoms with van der Waals surface area (Å²) < 4.78 is 68.1. The summed E-state index contributed by atoms with van der Waals surface area (Å²) in [4.78, 5) is 11.7. The van der Waals surface area contributed by atoms with E-state index in [0.29, 0.717) is 43.0 Å². The maximum Gasteiger partial charge on any atom is 0.437 e. The molecule has 180 valence electrons. The SMILES string of the molecule is Cc1[nH]nc(C(F)(F)F)c1N1CCC(c2nc(C3=NO[C@@H](c4c(F)cccc4F)C3)cs2)CC1.